The largest absolute Gasteiger partial charge is 0.365 e. The molecule has 2 nitrogen and oxygen atoms in total. The second-order valence-corrected chi connectivity index (χ2v) is 5.70. The quantitative estimate of drug-likeness (QED) is 0.801. The van der Waals surface area contributed by atoms with Crippen LogP contribution in [-0.2, 0) is 0 Å². The van der Waals surface area contributed by atoms with E-state index in [2.05, 4.69) is 56.1 Å². The summed E-state index contributed by atoms with van der Waals surface area (Å²) in [7, 11) is 0. The zero-order valence-electron chi connectivity index (χ0n) is 11.5. The normalized spacial score (nSPS) is 20.1. The van der Waals surface area contributed by atoms with Gasteiger partial charge in [-0.3, -0.25) is 0 Å². The molecule has 0 spiro atoms. The van der Waals surface area contributed by atoms with E-state index in [0.717, 1.165) is 19.6 Å². The summed E-state index contributed by atoms with van der Waals surface area (Å²) < 4.78 is 0. The maximum Gasteiger partial charge on any atom is 0.0430 e. The molecule has 94 valence electrons. The van der Waals surface area contributed by atoms with Crippen molar-refractivity contribution in [3.05, 3.63) is 29.3 Å². The van der Waals surface area contributed by atoms with Crippen LogP contribution < -0.4 is 10.2 Å². The highest BCUT2D eigenvalue weighted by Gasteiger charge is 2.29. The third-order valence-electron chi connectivity index (χ3n) is 3.87. The van der Waals surface area contributed by atoms with Gasteiger partial charge in [0.1, 0.15) is 0 Å². The van der Waals surface area contributed by atoms with Crippen molar-refractivity contribution in [2.45, 2.75) is 39.7 Å². The summed E-state index contributed by atoms with van der Waals surface area (Å²) in [6.07, 6.45) is 1.20. The lowest BCUT2D eigenvalue weighted by molar-refractivity contribution is 0.452. The van der Waals surface area contributed by atoms with E-state index in [0.29, 0.717) is 0 Å². The molecule has 0 aromatic heterocycles. The molecule has 1 heterocycles. The summed E-state index contributed by atoms with van der Waals surface area (Å²) in [5.74, 6) is 0. The first-order valence-electron chi connectivity index (χ1n) is 6.57. The molecule has 1 N–H and O–H groups in total. The summed E-state index contributed by atoms with van der Waals surface area (Å²) in [6, 6.07) is 6.59. The number of para-hydroxylation sites is 1. The van der Waals surface area contributed by atoms with E-state index in [1.165, 1.54) is 23.2 Å². The second kappa shape index (κ2) is 4.69. The SMILES string of the molecule is Cc1cccc(C)c1N1CCNCCC1(C)C. The topological polar surface area (TPSA) is 15.3 Å². The Labute approximate surface area is 105 Å². The van der Waals surface area contributed by atoms with Crippen molar-refractivity contribution in [1.29, 1.82) is 0 Å². The highest BCUT2D eigenvalue weighted by Crippen LogP contribution is 2.32. The van der Waals surface area contributed by atoms with Gasteiger partial charge in [-0.05, 0) is 51.8 Å². The third kappa shape index (κ3) is 2.47. The van der Waals surface area contributed by atoms with Crippen molar-refractivity contribution in [1.82, 2.24) is 5.32 Å². The Bertz CT molecular complexity index is 376. The smallest absolute Gasteiger partial charge is 0.0430 e. The van der Waals surface area contributed by atoms with Gasteiger partial charge in [0.15, 0.2) is 0 Å². The fourth-order valence-corrected chi connectivity index (χ4v) is 2.79. The van der Waals surface area contributed by atoms with Gasteiger partial charge in [-0.1, -0.05) is 18.2 Å². The Morgan fingerprint density at radius 1 is 1.12 bits per heavy atom. The molecule has 0 radical (unpaired) electrons. The van der Waals surface area contributed by atoms with Gasteiger partial charge in [-0.2, -0.15) is 0 Å². The van der Waals surface area contributed by atoms with Crippen LogP contribution >= 0.6 is 0 Å². The zero-order chi connectivity index (χ0) is 12.5. The Morgan fingerprint density at radius 3 is 2.41 bits per heavy atom. The average molecular weight is 232 g/mol. The molecule has 1 aromatic carbocycles. The second-order valence-electron chi connectivity index (χ2n) is 5.70. The minimum atomic E-state index is 0.236. The van der Waals surface area contributed by atoms with E-state index >= 15 is 0 Å². The fourth-order valence-electron chi connectivity index (χ4n) is 2.79. The molecule has 1 aromatic rings. The van der Waals surface area contributed by atoms with Crippen LogP contribution in [0.1, 0.15) is 31.4 Å². The van der Waals surface area contributed by atoms with Crippen LogP contribution in [0.3, 0.4) is 0 Å². The van der Waals surface area contributed by atoms with Crippen molar-refractivity contribution in [2.75, 3.05) is 24.5 Å². The zero-order valence-corrected chi connectivity index (χ0v) is 11.5. The number of hydrogen-bond donors (Lipinski definition) is 1. The molecule has 2 heteroatoms. The van der Waals surface area contributed by atoms with E-state index in [1.54, 1.807) is 0 Å². The highest BCUT2D eigenvalue weighted by molar-refractivity contribution is 5.60. The van der Waals surface area contributed by atoms with Gasteiger partial charge in [0.25, 0.3) is 0 Å². The van der Waals surface area contributed by atoms with Crippen LogP contribution in [0.25, 0.3) is 0 Å². The molecule has 0 aliphatic carbocycles. The lowest BCUT2D eigenvalue weighted by Crippen LogP contribution is -2.45. The number of aryl methyl sites for hydroxylation is 2. The third-order valence-corrected chi connectivity index (χ3v) is 3.87. The first-order chi connectivity index (χ1) is 8.02. The minimum Gasteiger partial charge on any atom is -0.365 e. The van der Waals surface area contributed by atoms with Gasteiger partial charge in [-0.15, -0.1) is 0 Å². The Morgan fingerprint density at radius 2 is 1.76 bits per heavy atom. The van der Waals surface area contributed by atoms with E-state index in [1.807, 2.05) is 0 Å². The number of benzene rings is 1. The van der Waals surface area contributed by atoms with E-state index < -0.39 is 0 Å². The predicted molar refractivity (Wildman–Crippen MR) is 74.8 cm³/mol. The summed E-state index contributed by atoms with van der Waals surface area (Å²) in [6.45, 7) is 12.4. The molecule has 0 amide bonds. The average Bonchev–Trinajstić information content (AvgIpc) is 2.40. The van der Waals surface area contributed by atoms with Crippen molar-refractivity contribution in [3.8, 4) is 0 Å². The molecule has 1 saturated heterocycles. The van der Waals surface area contributed by atoms with Crippen molar-refractivity contribution < 1.29 is 0 Å². The Kier molecular flexibility index (Phi) is 3.43. The molecule has 1 fully saturated rings. The van der Waals surface area contributed by atoms with Gasteiger partial charge in [-0.25, -0.2) is 0 Å². The first kappa shape index (κ1) is 12.4. The van der Waals surface area contributed by atoms with Crippen molar-refractivity contribution >= 4 is 5.69 Å². The number of anilines is 1. The van der Waals surface area contributed by atoms with Gasteiger partial charge < -0.3 is 10.2 Å². The number of hydrogen-bond acceptors (Lipinski definition) is 2. The maximum absolute atomic E-state index is 3.50. The van der Waals surface area contributed by atoms with E-state index in [4.69, 9.17) is 0 Å². The molecule has 1 aliphatic heterocycles. The monoisotopic (exact) mass is 232 g/mol. The molecule has 17 heavy (non-hydrogen) atoms. The van der Waals surface area contributed by atoms with Gasteiger partial charge in [0.05, 0.1) is 0 Å². The lowest BCUT2D eigenvalue weighted by Gasteiger charge is -2.40. The summed E-state index contributed by atoms with van der Waals surface area (Å²) in [5.41, 5.74) is 4.45. The lowest BCUT2D eigenvalue weighted by atomic mass is 9.95. The maximum atomic E-state index is 3.50. The van der Waals surface area contributed by atoms with E-state index in [-0.39, 0.29) is 5.54 Å². The van der Waals surface area contributed by atoms with Crippen LogP contribution in [0, 0.1) is 13.8 Å². The van der Waals surface area contributed by atoms with Crippen LogP contribution in [0.5, 0.6) is 0 Å². The van der Waals surface area contributed by atoms with E-state index in [9.17, 15) is 0 Å². The number of nitrogens with zero attached hydrogens (tertiary/aromatic N) is 1. The summed E-state index contributed by atoms with van der Waals surface area (Å²) in [4.78, 5) is 2.58. The van der Waals surface area contributed by atoms with Crippen LogP contribution in [0.2, 0.25) is 0 Å². The number of nitrogens with one attached hydrogen (secondary N) is 1. The molecule has 0 bridgehead atoms. The van der Waals surface area contributed by atoms with Gasteiger partial charge in [0, 0.05) is 24.3 Å². The highest BCUT2D eigenvalue weighted by atomic mass is 15.2. The van der Waals surface area contributed by atoms with Gasteiger partial charge in [0.2, 0.25) is 0 Å². The van der Waals surface area contributed by atoms with Crippen molar-refractivity contribution in [3.63, 3.8) is 0 Å². The molecular formula is C15H24N2. The molecule has 2 rings (SSSR count). The predicted octanol–water partition coefficient (Wildman–Crippen LogP) is 2.88. The van der Waals surface area contributed by atoms with Crippen LogP contribution in [-0.4, -0.2) is 25.2 Å². The first-order valence-corrected chi connectivity index (χ1v) is 6.57. The molecule has 0 unspecified atom stereocenters. The minimum absolute atomic E-state index is 0.236. The Hall–Kier alpha value is -1.02. The standard InChI is InChI=1S/C15H24N2/c1-12-6-5-7-13(2)14(12)17-11-10-16-9-8-15(17,3)4/h5-7,16H,8-11H2,1-4H3. The molecule has 0 atom stereocenters. The number of rotatable bonds is 1. The summed E-state index contributed by atoms with van der Waals surface area (Å²) in [5, 5.41) is 3.50. The molecule has 1 aliphatic rings. The van der Waals surface area contributed by atoms with Gasteiger partial charge >= 0.3 is 0 Å². The van der Waals surface area contributed by atoms with Crippen LogP contribution in [0.15, 0.2) is 18.2 Å². The molecular weight excluding hydrogens is 208 g/mol. The van der Waals surface area contributed by atoms with Crippen LogP contribution in [0.4, 0.5) is 5.69 Å². The fraction of sp³-hybridized carbons (Fsp3) is 0.600. The molecule has 0 saturated carbocycles. The van der Waals surface area contributed by atoms with Crippen molar-refractivity contribution in [2.24, 2.45) is 0 Å². The Balaban J connectivity index is 2.42. The summed E-state index contributed by atoms with van der Waals surface area (Å²) >= 11 is 0.